The molecule has 0 spiro atoms. The van der Waals surface area contributed by atoms with Crippen LogP contribution in [0.3, 0.4) is 0 Å². The van der Waals surface area contributed by atoms with Gasteiger partial charge in [0.1, 0.15) is 0 Å². The summed E-state index contributed by atoms with van der Waals surface area (Å²) in [6, 6.07) is 0. The summed E-state index contributed by atoms with van der Waals surface area (Å²) in [6.07, 6.45) is 0. The third-order valence-corrected chi connectivity index (χ3v) is 0. The molecule has 0 radical (unpaired) electrons. The zero-order chi connectivity index (χ0) is 3.58. The van der Waals surface area contributed by atoms with Crippen molar-refractivity contribution >= 4 is 35.5 Å². The van der Waals surface area contributed by atoms with Crippen LogP contribution in [-0.4, -0.2) is 40.6 Å². The summed E-state index contributed by atoms with van der Waals surface area (Å²) in [4.78, 5) is 9.00. The first-order valence-corrected chi connectivity index (χ1v) is 0.928. The van der Waals surface area contributed by atoms with E-state index in [1.165, 1.54) is 0 Å². The van der Waals surface area contributed by atoms with E-state index in [2.05, 4.69) is 0 Å². The molecular formula is C2H5FeNaO2. The van der Waals surface area contributed by atoms with Crippen LogP contribution in [0, 0.1) is 0 Å². The Morgan fingerprint density at radius 1 is 1.67 bits per heavy atom. The summed E-state index contributed by atoms with van der Waals surface area (Å²) < 4.78 is 0. The molecule has 0 saturated heterocycles. The third kappa shape index (κ3) is 81.1. The topological polar surface area (TPSA) is 37.3 Å². The Labute approximate surface area is 69.1 Å². The van der Waals surface area contributed by atoms with E-state index in [0.29, 0.717) is 0 Å². The molecule has 2 nitrogen and oxygen atoms in total. The monoisotopic (exact) mass is 140 g/mol. The second-order valence-corrected chi connectivity index (χ2v) is 0.519. The molecular weight excluding hydrogens is 135 g/mol. The van der Waals surface area contributed by atoms with E-state index >= 15 is 0 Å². The van der Waals surface area contributed by atoms with Crippen LogP contribution in [-0.2, 0) is 21.9 Å². The molecule has 0 amide bonds. The number of carboxylic acids is 1. The molecule has 0 atom stereocenters. The normalized spacial score (nSPS) is 4.17. The summed E-state index contributed by atoms with van der Waals surface area (Å²) in [5.41, 5.74) is 0. The number of hydrogen-bond donors (Lipinski definition) is 1. The molecule has 0 aliphatic carbocycles. The number of rotatable bonds is 0. The molecule has 0 fully saturated rings. The molecule has 0 aromatic rings. The minimum atomic E-state index is -0.833. The summed E-state index contributed by atoms with van der Waals surface area (Å²) >= 11 is 0. The van der Waals surface area contributed by atoms with Crippen LogP contribution in [0.5, 0.6) is 0 Å². The van der Waals surface area contributed by atoms with Gasteiger partial charge in [0.15, 0.2) is 0 Å². The second kappa shape index (κ2) is 9.37. The van der Waals surface area contributed by atoms with E-state index in [1.54, 1.807) is 0 Å². The summed E-state index contributed by atoms with van der Waals surface area (Å²) in [5, 5.41) is 7.42. The summed E-state index contributed by atoms with van der Waals surface area (Å²) in [5.74, 6) is -0.833. The van der Waals surface area contributed by atoms with Crippen molar-refractivity contribution in [1.82, 2.24) is 0 Å². The van der Waals surface area contributed by atoms with Gasteiger partial charge in [-0.05, 0) is 0 Å². The average Bonchev–Trinajstić information content (AvgIpc) is 0.811. The van der Waals surface area contributed by atoms with Gasteiger partial charge in [-0.15, -0.1) is 0 Å². The molecule has 0 aromatic carbocycles. The van der Waals surface area contributed by atoms with Crippen molar-refractivity contribution in [1.29, 1.82) is 0 Å². The van der Waals surface area contributed by atoms with Crippen LogP contribution in [0.1, 0.15) is 6.92 Å². The van der Waals surface area contributed by atoms with Gasteiger partial charge in [0, 0.05) is 24.0 Å². The van der Waals surface area contributed by atoms with Gasteiger partial charge in [-0.3, -0.25) is 4.79 Å². The van der Waals surface area contributed by atoms with Crippen molar-refractivity contribution in [3.05, 3.63) is 0 Å². The molecule has 0 unspecified atom stereocenters. The van der Waals surface area contributed by atoms with Gasteiger partial charge >= 0.3 is 29.6 Å². The molecule has 0 aliphatic rings. The van der Waals surface area contributed by atoms with Crippen LogP contribution in [0.25, 0.3) is 0 Å². The van der Waals surface area contributed by atoms with E-state index in [0.717, 1.165) is 6.92 Å². The van der Waals surface area contributed by atoms with Crippen molar-refractivity contribution in [3.8, 4) is 0 Å². The van der Waals surface area contributed by atoms with E-state index in [-0.39, 0.29) is 46.6 Å². The molecule has 0 rings (SSSR count). The zero-order valence-corrected chi connectivity index (χ0v) is 3.81. The van der Waals surface area contributed by atoms with E-state index in [9.17, 15) is 0 Å². The molecule has 1 N–H and O–H groups in total. The van der Waals surface area contributed by atoms with Crippen molar-refractivity contribution in [2.45, 2.75) is 6.92 Å². The molecule has 0 bridgehead atoms. The maximum absolute atomic E-state index is 9.00. The fourth-order valence-corrected chi connectivity index (χ4v) is 0. The molecule has 0 heterocycles. The number of carboxylic acid groups (broad SMARTS) is 1. The first kappa shape index (κ1) is 15.8. The van der Waals surface area contributed by atoms with Crippen molar-refractivity contribution in [3.63, 3.8) is 0 Å². The van der Waals surface area contributed by atoms with Crippen molar-refractivity contribution in [2.75, 3.05) is 0 Å². The zero-order valence-electron chi connectivity index (χ0n) is 2.71. The van der Waals surface area contributed by atoms with Crippen LogP contribution in [0.2, 0.25) is 0 Å². The third-order valence-electron chi connectivity index (χ3n) is 0. The fraction of sp³-hybridized carbons (Fsp3) is 0.500. The van der Waals surface area contributed by atoms with Crippen molar-refractivity contribution in [2.24, 2.45) is 0 Å². The fourth-order valence-electron chi connectivity index (χ4n) is 0. The van der Waals surface area contributed by atoms with Crippen molar-refractivity contribution < 1.29 is 27.0 Å². The molecule has 34 valence electrons. The molecule has 0 aliphatic heterocycles. The standard InChI is InChI=1S/C2H4O2.Fe.Na.H/c1-2(3)4;;;/h1H3,(H,3,4);;;. The Bertz CT molecular complexity index is 34.5. The Kier molecular flexibility index (Phi) is 24.6. The first-order chi connectivity index (χ1) is 1.73. The Morgan fingerprint density at radius 3 is 1.67 bits per heavy atom. The van der Waals surface area contributed by atoms with Crippen LogP contribution < -0.4 is 0 Å². The number of aliphatic carboxylic acids is 1. The molecule has 0 aromatic heterocycles. The van der Waals surface area contributed by atoms with Gasteiger partial charge in [0.2, 0.25) is 0 Å². The van der Waals surface area contributed by atoms with E-state index in [1.807, 2.05) is 0 Å². The second-order valence-electron chi connectivity index (χ2n) is 0.519. The molecule has 6 heavy (non-hydrogen) atoms. The minimum absolute atomic E-state index is 0. The van der Waals surface area contributed by atoms with E-state index in [4.69, 9.17) is 9.90 Å². The van der Waals surface area contributed by atoms with Crippen LogP contribution >= 0.6 is 0 Å². The van der Waals surface area contributed by atoms with Crippen LogP contribution in [0.15, 0.2) is 0 Å². The quantitative estimate of drug-likeness (QED) is 0.458. The van der Waals surface area contributed by atoms with Gasteiger partial charge in [0.25, 0.3) is 5.97 Å². The maximum atomic E-state index is 9.00. The Balaban J connectivity index is -0.0000000450. The van der Waals surface area contributed by atoms with Gasteiger partial charge in [-0.25, -0.2) is 0 Å². The molecule has 4 heteroatoms. The average molecular weight is 140 g/mol. The van der Waals surface area contributed by atoms with Gasteiger partial charge in [-0.1, -0.05) is 0 Å². The Morgan fingerprint density at radius 2 is 1.67 bits per heavy atom. The van der Waals surface area contributed by atoms with Gasteiger partial charge in [-0.2, -0.15) is 0 Å². The van der Waals surface area contributed by atoms with E-state index < -0.39 is 5.97 Å². The summed E-state index contributed by atoms with van der Waals surface area (Å²) in [7, 11) is 0. The molecule has 0 saturated carbocycles. The summed E-state index contributed by atoms with van der Waals surface area (Å²) in [6.45, 7) is 1.08. The number of carbonyl (C=O) groups is 1. The first-order valence-electron chi connectivity index (χ1n) is 0.928. The Hall–Kier alpha value is 0.989. The predicted octanol–water partition coefficient (Wildman–Crippen LogP) is -0.560. The predicted molar refractivity (Wildman–Crippen MR) is 20.5 cm³/mol. The number of hydrogen-bond acceptors (Lipinski definition) is 1. The van der Waals surface area contributed by atoms with Crippen LogP contribution in [0.4, 0.5) is 0 Å². The van der Waals surface area contributed by atoms with Gasteiger partial charge < -0.3 is 5.11 Å². The van der Waals surface area contributed by atoms with Gasteiger partial charge in [0.05, 0.1) is 0 Å². The SMILES string of the molecule is CC(=O)O.[Fe].[NaH].